The zero-order valence-electron chi connectivity index (χ0n) is 13.7. The van der Waals surface area contributed by atoms with Crippen LogP contribution in [0.3, 0.4) is 0 Å². The van der Waals surface area contributed by atoms with Gasteiger partial charge >= 0.3 is 6.09 Å². The van der Waals surface area contributed by atoms with Gasteiger partial charge in [-0.3, -0.25) is 0 Å². The zero-order valence-corrected chi connectivity index (χ0v) is 13.7. The fraction of sp³-hybridized carbons (Fsp3) is 0.933. The van der Waals surface area contributed by atoms with Crippen molar-refractivity contribution >= 4 is 6.09 Å². The van der Waals surface area contributed by atoms with Gasteiger partial charge in [0.1, 0.15) is 13.2 Å². The Morgan fingerprint density at radius 2 is 1.70 bits per heavy atom. The van der Waals surface area contributed by atoms with Gasteiger partial charge in [-0.25, -0.2) is 4.79 Å². The van der Waals surface area contributed by atoms with E-state index in [9.17, 15) is 4.79 Å². The Labute approximate surface area is 124 Å². The second-order valence-electron chi connectivity index (χ2n) is 5.77. The molecule has 0 aliphatic carbocycles. The van der Waals surface area contributed by atoms with Gasteiger partial charge in [0.25, 0.3) is 0 Å². The first-order valence-corrected chi connectivity index (χ1v) is 7.82. The number of amides is 1. The summed E-state index contributed by atoms with van der Waals surface area (Å²) in [6.07, 6.45) is 4.17. The molecule has 0 aromatic rings. The second kappa shape index (κ2) is 12.0. The fourth-order valence-corrected chi connectivity index (χ4v) is 1.72. The van der Waals surface area contributed by atoms with Crippen molar-refractivity contribution < 1.29 is 18.8 Å². The Kier molecular flexibility index (Phi) is 11.5. The lowest BCUT2D eigenvalue weighted by Crippen LogP contribution is -2.43. The van der Waals surface area contributed by atoms with Gasteiger partial charge in [0, 0.05) is 6.54 Å². The summed E-state index contributed by atoms with van der Waals surface area (Å²) in [5.74, 6) is 0. The number of unbranched alkanes of at least 4 members (excludes halogenated alkanes) is 2. The Balaban J connectivity index is 3.41. The van der Waals surface area contributed by atoms with Crippen molar-refractivity contribution in [3.05, 3.63) is 0 Å². The lowest BCUT2D eigenvalue weighted by molar-refractivity contribution is -0.890. The van der Waals surface area contributed by atoms with Crippen LogP contribution in [0.25, 0.3) is 0 Å². The molecule has 0 radical (unpaired) electrons. The quantitative estimate of drug-likeness (QED) is 0.443. The lowest BCUT2D eigenvalue weighted by atomic mass is 10.3. The molecular weight excluding hydrogens is 256 g/mol. The normalized spacial score (nSPS) is 11.4. The van der Waals surface area contributed by atoms with Gasteiger partial charge in [0.15, 0.2) is 0 Å². The molecule has 1 amide bonds. The number of nitrogens with one attached hydrogen (secondary N) is 1. The number of quaternary nitrogens is 1. The van der Waals surface area contributed by atoms with Crippen molar-refractivity contribution in [2.45, 2.75) is 39.5 Å². The van der Waals surface area contributed by atoms with Crippen molar-refractivity contribution in [2.24, 2.45) is 0 Å². The van der Waals surface area contributed by atoms with Gasteiger partial charge < -0.3 is 19.3 Å². The molecule has 5 nitrogen and oxygen atoms in total. The summed E-state index contributed by atoms with van der Waals surface area (Å²) in [6.45, 7) is 8.63. The number of likely N-dealkylation sites (N-methyl/N-ethyl adjacent to an activating group) is 1. The highest BCUT2D eigenvalue weighted by Gasteiger charge is 2.13. The van der Waals surface area contributed by atoms with E-state index in [0.29, 0.717) is 26.4 Å². The minimum Gasteiger partial charge on any atom is -0.447 e. The third kappa shape index (κ3) is 12.2. The molecule has 0 saturated heterocycles. The molecule has 0 fully saturated rings. The molecule has 0 atom stereocenters. The summed E-state index contributed by atoms with van der Waals surface area (Å²) in [7, 11) is 4.44. The van der Waals surface area contributed by atoms with Crippen LogP contribution in [0.15, 0.2) is 0 Å². The number of hydrogen-bond donors (Lipinski definition) is 1. The van der Waals surface area contributed by atoms with E-state index in [1.165, 1.54) is 19.4 Å². The van der Waals surface area contributed by atoms with Crippen LogP contribution < -0.4 is 5.32 Å². The molecule has 0 aromatic carbocycles. The highest BCUT2D eigenvalue weighted by Crippen LogP contribution is 2.01. The molecule has 0 aromatic heterocycles. The zero-order chi connectivity index (χ0) is 15.3. The average molecular weight is 289 g/mol. The minimum absolute atomic E-state index is 0.320. The van der Waals surface area contributed by atoms with E-state index in [-0.39, 0.29) is 6.09 Å². The Hall–Kier alpha value is -0.810. The fourth-order valence-electron chi connectivity index (χ4n) is 1.72. The van der Waals surface area contributed by atoms with Crippen LogP contribution >= 0.6 is 0 Å². The number of rotatable bonds is 12. The van der Waals surface area contributed by atoms with E-state index in [0.717, 1.165) is 23.9 Å². The number of carbonyl (C=O) groups excluding carboxylic acids is 1. The summed E-state index contributed by atoms with van der Waals surface area (Å²) in [5, 5.41) is 2.70. The van der Waals surface area contributed by atoms with Crippen LogP contribution in [0.4, 0.5) is 4.79 Å². The van der Waals surface area contributed by atoms with Crippen molar-refractivity contribution in [3.63, 3.8) is 0 Å². The van der Waals surface area contributed by atoms with E-state index >= 15 is 0 Å². The standard InChI is InChI=1S/C15H32N2O3/c1-5-7-9-16-15(18)20-14-13-19-12-11-17(3,4)10-8-6-2/h5-14H2,1-4H3/p+1. The largest absolute Gasteiger partial charge is 0.447 e. The number of hydrogen-bond acceptors (Lipinski definition) is 3. The van der Waals surface area contributed by atoms with Gasteiger partial charge in [0.05, 0.1) is 33.9 Å². The summed E-state index contributed by atoms with van der Waals surface area (Å²) in [6, 6.07) is 0. The molecule has 120 valence electrons. The van der Waals surface area contributed by atoms with E-state index in [4.69, 9.17) is 9.47 Å². The molecule has 0 unspecified atom stereocenters. The maximum atomic E-state index is 11.2. The summed E-state index contributed by atoms with van der Waals surface area (Å²) in [4.78, 5) is 11.2. The SMILES string of the molecule is CCCCNC(=O)OCCOCC[N+](C)(C)CCCC. The molecule has 0 spiro atoms. The Morgan fingerprint density at radius 3 is 2.35 bits per heavy atom. The average Bonchev–Trinajstić information content (AvgIpc) is 2.41. The predicted octanol–water partition coefficient (Wildman–Crippen LogP) is 2.41. The topological polar surface area (TPSA) is 47.6 Å². The molecule has 5 heteroatoms. The van der Waals surface area contributed by atoms with Crippen molar-refractivity contribution in [1.82, 2.24) is 5.32 Å². The maximum Gasteiger partial charge on any atom is 0.407 e. The van der Waals surface area contributed by atoms with E-state index in [1.807, 2.05) is 0 Å². The van der Waals surface area contributed by atoms with Crippen LogP contribution in [0.1, 0.15) is 39.5 Å². The minimum atomic E-state index is -0.346. The van der Waals surface area contributed by atoms with E-state index in [1.54, 1.807) is 0 Å². The number of nitrogens with zero attached hydrogens (tertiary/aromatic N) is 1. The molecule has 0 saturated carbocycles. The summed E-state index contributed by atoms with van der Waals surface area (Å²) in [5.41, 5.74) is 0. The number of ether oxygens (including phenoxy) is 2. The van der Waals surface area contributed by atoms with Crippen molar-refractivity contribution in [2.75, 3.05) is 53.6 Å². The highest BCUT2D eigenvalue weighted by molar-refractivity contribution is 5.66. The van der Waals surface area contributed by atoms with E-state index in [2.05, 4.69) is 33.3 Å². The lowest BCUT2D eigenvalue weighted by Gasteiger charge is -2.29. The molecule has 0 heterocycles. The molecule has 0 aliphatic heterocycles. The smallest absolute Gasteiger partial charge is 0.407 e. The number of carbonyl (C=O) groups is 1. The molecule has 0 aliphatic rings. The Bertz CT molecular complexity index is 245. The van der Waals surface area contributed by atoms with Gasteiger partial charge in [0.2, 0.25) is 0 Å². The van der Waals surface area contributed by atoms with Crippen LogP contribution in [-0.4, -0.2) is 64.1 Å². The third-order valence-electron chi connectivity index (χ3n) is 3.22. The van der Waals surface area contributed by atoms with Crippen molar-refractivity contribution in [3.8, 4) is 0 Å². The van der Waals surface area contributed by atoms with E-state index < -0.39 is 0 Å². The predicted molar refractivity (Wildman–Crippen MR) is 81.8 cm³/mol. The third-order valence-corrected chi connectivity index (χ3v) is 3.22. The first-order chi connectivity index (χ1) is 9.52. The second-order valence-corrected chi connectivity index (χ2v) is 5.77. The molecule has 0 bridgehead atoms. The first-order valence-electron chi connectivity index (χ1n) is 7.82. The van der Waals surface area contributed by atoms with Gasteiger partial charge in [-0.05, 0) is 12.8 Å². The first kappa shape index (κ1) is 19.2. The van der Waals surface area contributed by atoms with Crippen LogP contribution in [-0.2, 0) is 9.47 Å². The molecule has 0 rings (SSSR count). The molecule has 20 heavy (non-hydrogen) atoms. The summed E-state index contributed by atoms with van der Waals surface area (Å²) >= 11 is 0. The Morgan fingerprint density at radius 1 is 1.00 bits per heavy atom. The summed E-state index contributed by atoms with van der Waals surface area (Å²) < 4.78 is 11.5. The monoisotopic (exact) mass is 289 g/mol. The van der Waals surface area contributed by atoms with Gasteiger partial charge in [-0.15, -0.1) is 0 Å². The van der Waals surface area contributed by atoms with Crippen LogP contribution in [0.5, 0.6) is 0 Å². The number of alkyl carbamates (subject to hydrolysis) is 1. The maximum absolute atomic E-state index is 11.2. The van der Waals surface area contributed by atoms with Gasteiger partial charge in [-0.1, -0.05) is 26.7 Å². The van der Waals surface area contributed by atoms with Crippen molar-refractivity contribution in [1.29, 1.82) is 0 Å². The molecular formula is C15H33N2O3+. The highest BCUT2D eigenvalue weighted by atomic mass is 16.6. The van der Waals surface area contributed by atoms with Gasteiger partial charge in [-0.2, -0.15) is 0 Å². The van der Waals surface area contributed by atoms with Crippen LogP contribution in [0, 0.1) is 0 Å². The molecule has 1 N–H and O–H groups in total. The van der Waals surface area contributed by atoms with Crippen LogP contribution in [0.2, 0.25) is 0 Å².